The third-order valence-corrected chi connectivity index (χ3v) is 8.48. The monoisotopic (exact) mass is 443 g/mol. The summed E-state index contributed by atoms with van der Waals surface area (Å²) in [6, 6.07) is 19.6. The van der Waals surface area contributed by atoms with Crippen LogP contribution in [0.5, 0.6) is 0 Å². The second-order valence-electron chi connectivity index (χ2n) is 10.2. The molecule has 1 aliphatic heterocycles. The van der Waals surface area contributed by atoms with E-state index in [1.807, 2.05) is 0 Å². The summed E-state index contributed by atoms with van der Waals surface area (Å²) in [7, 11) is 4.39. The molecule has 174 valence electrons. The van der Waals surface area contributed by atoms with E-state index >= 15 is 0 Å². The predicted octanol–water partition coefficient (Wildman–Crippen LogP) is 6.04. The fraction of sp³-hybridized carbons (Fsp3) is 0.483. The molecule has 2 aliphatic rings. The van der Waals surface area contributed by atoms with Gasteiger partial charge in [0.25, 0.3) is 0 Å². The number of nitrogens with zero attached hydrogens (tertiary/aromatic N) is 2. The Labute approximate surface area is 198 Å². The van der Waals surface area contributed by atoms with Gasteiger partial charge in [0.15, 0.2) is 0 Å². The Morgan fingerprint density at radius 1 is 1.09 bits per heavy atom. The molecule has 3 aromatic rings. The van der Waals surface area contributed by atoms with Gasteiger partial charge < -0.3 is 9.88 Å². The molecule has 1 saturated carbocycles. The number of amides is 1. The lowest BCUT2D eigenvalue weighted by atomic mass is 9.79. The summed E-state index contributed by atoms with van der Waals surface area (Å²) >= 11 is 0. The fourth-order valence-electron chi connectivity index (χ4n) is 6.22. The average Bonchev–Trinajstić information content (AvgIpc) is 3.18. The van der Waals surface area contributed by atoms with Crippen molar-refractivity contribution < 1.29 is 4.79 Å². The van der Waals surface area contributed by atoms with E-state index in [9.17, 15) is 4.79 Å². The number of carbonyl (C=O) groups excluding carboxylic acids is 1. The van der Waals surface area contributed by atoms with Gasteiger partial charge in [-0.05, 0) is 69.8 Å². The Morgan fingerprint density at radius 2 is 1.82 bits per heavy atom. The second-order valence-corrected chi connectivity index (χ2v) is 10.2. The molecule has 2 aromatic carbocycles. The van der Waals surface area contributed by atoms with Crippen molar-refractivity contribution in [3.63, 3.8) is 0 Å². The minimum absolute atomic E-state index is 0.0456. The Kier molecular flexibility index (Phi) is 6.05. The quantitative estimate of drug-likeness (QED) is 0.483. The summed E-state index contributed by atoms with van der Waals surface area (Å²) in [4.78, 5) is 21.9. The molecule has 1 aromatic heterocycles. The number of hydrogen-bond acceptors (Lipinski definition) is 2. The highest BCUT2D eigenvalue weighted by Crippen LogP contribution is 2.43. The first-order valence-corrected chi connectivity index (χ1v) is 12.7. The zero-order chi connectivity index (χ0) is 23.0. The second kappa shape index (κ2) is 8.98. The van der Waals surface area contributed by atoms with Crippen LogP contribution < -0.4 is 0 Å². The number of benzene rings is 2. The van der Waals surface area contributed by atoms with Crippen LogP contribution in [-0.4, -0.2) is 41.3 Å². The molecular formula is C29H37N3O. The molecule has 2 heterocycles. The number of aromatic nitrogens is 1. The van der Waals surface area contributed by atoms with E-state index in [-0.39, 0.29) is 17.5 Å². The number of hydrogen-bond donors (Lipinski definition) is 1. The molecule has 4 nitrogen and oxygen atoms in total. The number of para-hydroxylation sites is 1. The zero-order valence-corrected chi connectivity index (χ0v) is 20.3. The highest BCUT2D eigenvalue weighted by atomic mass is 16.2. The fourth-order valence-corrected chi connectivity index (χ4v) is 6.22. The number of H-pyrrole nitrogens is 1. The van der Waals surface area contributed by atoms with E-state index in [4.69, 9.17) is 0 Å². The van der Waals surface area contributed by atoms with Crippen molar-refractivity contribution in [3.8, 4) is 0 Å². The van der Waals surface area contributed by atoms with Crippen LogP contribution in [0.4, 0.5) is 0 Å². The highest BCUT2D eigenvalue weighted by Gasteiger charge is 2.40. The van der Waals surface area contributed by atoms with Crippen molar-refractivity contribution in [2.75, 3.05) is 20.6 Å². The molecule has 4 heteroatoms. The molecule has 33 heavy (non-hydrogen) atoms. The molecule has 2 unspecified atom stereocenters. The van der Waals surface area contributed by atoms with Gasteiger partial charge in [0.1, 0.15) is 0 Å². The molecular weight excluding hydrogens is 406 g/mol. The largest absolute Gasteiger partial charge is 0.356 e. The van der Waals surface area contributed by atoms with Gasteiger partial charge in [-0.1, -0.05) is 61.9 Å². The summed E-state index contributed by atoms with van der Waals surface area (Å²) in [6.45, 7) is 3.13. The van der Waals surface area contributed by atoms with Crippen LogP contribution in [-0.2, 0) is 16.8 Å². The smallest absolute Gasteiger partial charge is 0.226 e. The number of carbonyl (C=O) groups is 1. The van der Waals surface area contributed by atoms with Gasteiger partial charge >= 0.3 is 0 Å². The van der Waals surface area contributed by atoms with Gasteiger partial charge in [-0.3, -0.25) is 9.69 Å². The molecule has 1 aliphatic carbocycles. The Bertz CT molecular complexity index is 1110. The summed E-state index contributed by atoms with van der Waals surface area (Å²) in [6.07, 6.45) is 7.25. The molecule has 2 atom stereocenters. The first kappa shape index (κ1) is 22.2. The van der Waals surface area contributed by atoms with E-state index in [0.717, 1.165) is 45.1 Å². The van der Waals surface area contributed by atoms with Crippen molar-refractivity contribution in [2.24, 2.45) is 5.92 Å². The number of rotatable bonds is 7. The standard InChI is InChI=1S/C29H37N3O/c1-4-29(31(2)3,22-13-6-5-7-14-22)19-17-26-27-24(23-15-8-9-16-25(23)30-27)18-20-32(26)28(33)21-11-10-12-21/h5-9,13-16,21,26,30H,4,10-12,17-20H2,1-3H3. The summed E-state index contributed by atoms with van der Waals surface area (Å²) in [5.41, 5.74) is 5.20. The maximum Gasteiger partial charge on any atom is 0.226 e. The van der Waals surface area contributed by atoms with Crippen LogP contribution >= 0.6 is 0 Å². The van der Waals surface area contributed by atoms with Crippen LogP contribution in [0.3, 0.4) is 0 Å². The van der Waals surface area contributed by atoms with Gasteiger partial charge in [-0.25, -0.2) is 0 Å². The Hall–Kier alpha value is -2.59. The topological polar surface area (TPSA) is 39.3 Å². The lowest BCUT2D eigenvalue weighted by Gasteiger charge is -2.44. The Morgan fingerprint density at radius 3 is 2.48 bits per heavy atom. The third-order valence-electron chi connectivity index (χ3n) is 8.48. The SMILES string of the molecule is CCC(CCC1c2[nH]c3ccccc3c2CCN1C(=O)C1CCC1)(c1ccccc1)N(C)C. The molecule has 0 bridgehead atoms. The van der Waals surface area contributed by atoms with Crippen LogP contribution in [0, 0.1) is 5.92 Å². The van der Waals surface area contributed by atoms with E-state index < -0.39 is 0 Å². The third kappa shape index (κ3) is 3.78. The highest BCUT2D eigenvalue weighted by molar-refractivity contribution is 5.86. The number of nitrogens with one attached hydrogen (secondary N) is 1. The minimum atomic E-state index is -0.0456. The van der Waals surface area contributed by atoms with E-state index in [1.54, 1.807) is 0 Å². The van der Waals surface area contributed by atoms with E-state index in [1.165, 1.54) is 34.1 Å². The van der Waals surface area contributed by atoms with Crippen molar-refractivity contribution in [2.45, 2.75) is 63.5 Å². The summed E-state index contributed by atoms with van der Waals surface area (Å²) < 4.78 is 0. The lowest BCUT2D eigenvalue weighted by molar-refractivity contribution is -0.141. The molecule has 1 amide bonds. The van der Waals surface area contributed by atoms with Crippen LogP contribution in [0.15, 0.2) is 54.6 Å². The number of aromatic amines is 1. The van der Waals surface area contributed by atoms with Crippen molar-refractivity contribution in [1.29, 1.82) is 0 Å². The molecule has 0 radical (unpaired) electrons. The van der Waals surface area contributed by atoms with Crippen molar-refractivity contribution in [1.82, 2.24) is 14.8 Å². The van der Waals surface area contributed by atoms with Gasteiger partial charge in [0.05, 0.1) is 6.04 Å². The van der Waals surface area contributed by atoms with Crippen molar-refractivity contribution >= 4 is 16.8 Å². The average molecular weight is 444 g/mol. The first-order chi connectivity index (χ1) is 16.0. The lowest BCUT2D eigenvalue weighted by Crippen LogP contribution is -2.46. The Balaban J connectivity index is 1.52. The van der Waals surface area contributed by atoms with Crippen LogP contribution in [0.1, 0.15) is 68.3 Å². The normalized spacial score (nSPS) is 20.5. The van der Waals surface area contributed by atoms with Gasteiger partial charge in [-0.2, -0.15) is 0 Å². The van der Waals surface area contributed by atoms with Gasteiger partial charge in [-0.15, -0.1) is 0 Å². The van der Waals surface area contributed by atoms with Gasteiger partial charge in [0.2, 0.25) is 5.91 Å². The summed E-state index contributed by atoms with van der Waals surface area (Å²) in [5, 5.41) is 1.32. The van der Waals surface area contributed by atoms with Gasteiger partial charge in [0, 0.05) is 34.6 Å². The first-order valence-electron chi connectivity index (χ1n) is 12.7. The molecule has 1 fully saturated rings. The number of fused-ring (bicyclic) bond motifs is 3. The molecule has 1 N–H and O–H groups in total. The maximum atomic E-state index is 13.5. The zero-order valence-electron chi connectivity index (χ0n) is 20.3. The maximum absolute atomic E-state index is 13.5. The molecule has 5 rings (SSSR count). The minimum Gasteiger partial charge on any atom is -0.356 e. The van der Waals surface area contributed by atoms with Crippen LogP contribution in [0.2, 0.25) is 0 Å². The molecule has 0 spiro atoms. The van der Waals surface area contributed by atoms with Crippen LogP contribution in [0.25, 0.3) is 10.9 Å². The van der Waals surface area contributed by atoms with E-state index in [2.05, 4.69) is 90.4 Å². The van der Waals surface area contributed by atoms with Crippen molar-refractivity contribution in [3.05, 3.63) is 71.4 Å². The molecule has 0 saturated heterocycles. The predicted molar refractivity (Wildman–Crippen MR) is 135 cm³/mol. The summed E-state index contributed by atoms with van der Waals surface area (Å²) in [5.74, 6) is 0.611. The van der Waals surface area contributed by atoms with E-state index in [0.29, 0.717) is 5.91 Å².